The third-order valence-electron chi connectivity index (χ3n) is 3.46. The molecule has 0 saturated carbocycles. The number of nitrogens with one attached hydrogen (secondary N) is 1. The Bertz CT molecular complexity index is 397. The predicted molar refractivity (Wildman–Crippen MR) is 76.1 cm³/mol. The first kappa shape index (κ1) is 14.9. The predicted octanol–water partition coefficient (Wildman–Crippen LogP) is 3.30. The smallest absolute Gasteiger partial charge is 0.131 e. The second kappa shape index (κ2) is 7.31. The third-order valence-corrected chi connectivity index (χ3v) is 3.92. The standard InChI is InChI=1S/C14H19BrF2N2/c15-11-8-13(16)12(14(17)9-11)10-18-4-7-19-5-2-1-3-6-19/h8-9,18H,1-7,10H2. The van der Waals surface area contributed by atoms with E-state index in [1.165, 1.54) is 31.4 Å². The Kier molecular flexibility index (Phi) is 5.73. The number of rotatable bonds is 5. The lowest BCUT2D eigenvalue weighted by atomic mass is 10.1. The van der Waals surface area contributed by atoms with Crippen molar-refractivity contribution in [3.63, 3.8) is 0 Å². The monoisotopic (exact) mass is 332 g/mol. The van der Waals surface area contributed by atoms with E-state index in [9.17, 15) is 8.78 Å². The van der Waals surface area contributed by atoms with Gasteiger partial charge in [-0.15, -0.1) is 0 Å². The van der Waals surface area contributed by atoms with Gasteiger partial charge in [-0.2, -0.15) is 0 Å². The van der Waals surface area contributed by atoms with Gasteiger partial charge >= 0.3 is 0 Å². The van der Waals surface area contributed by atoms with Gasteiger partial charge in [-0.3, -0.25) is 0 Å². The Morgan fingerprint density at radius 2 is 1.74 bits per heavy atom. The lowest BCUT2D eigenvalue weighted by Gasteiger charge is -2.26. The van der Waals surface area contributed by atoms with Crippen molar-refractivity contribution in [3.8, 4) is 0 Å². The van der Waals surface area contributed by atoms with Crippen molar-refractivity contribution < 1.29 is 8.78 Å². The molecule has 0 amide bonds. The Morgan fingerprint density at radius 3 is 2.37 bits per heavy atom. The fourth-order valence-electron chi connectivity index (χ4n) is 2.37. The maximum Gasteiger partial charge on any atom is 0.131 e. The van der Waals surface area contributed by atoms with Gasteiger partial charge in [-0.1, -0.05) is 22.4 Å². The molecule has 0 bridgehead atoms. The number of nitrogens with zero attached hydrogens (tertiary/aromatic N) is 1. The molecular formula is C14H19BrF2N2. The molecular weight excluding hydrogens is 314 g/mol. The van der Waals surface area contributed by atoms with Crippen LogP contribution in [0.4, 0.5) is 8.78 Å². The molecule has 2 nitrogen and oxygen atoms in total. The summed E-state index contributed by atoms with van der Waals surface area (Å²) in [6.07, 6.45) is 3.84. The molecule has 0 spiro atoms. The molecule has 1 saturated heterocycles. The van der Waals surface area contributed by atoms with E-state index in [2.05, 4.69) is 26.1 Å². The zero-order valence-electron chi connectivity index (χ0n) is 10.9. The molecule has 1 fully saturated rings. The molecule has 1 N–H and O–H groups in total. The molecule has 1 heterocycles. The van der Waals surface area contributed by atoms with Crippen molar-refractivity contribution in [1.82, 2.24) is 10.2 Å². The van der Waals surface area contributed by atoms with Crippen molar-refractivity contribution in [2.24, 2.45) is 0 Å². The minimum atomic E-state index is -0.502. The van der Waals surface area contributed by atoms with E-state index in [1.807, 2.05) is 0 Å². The fourth-order valence-corrected chi connectivity index (χ4v) is 2.78. The lowest BCUT2D eigenvalue weighted by molar-refractivity contribution is 0.228. The van der Waals surface area contributed by atoms with Crippen LogP contribution in [-0.2, 0) is 6.54 Å². The molecule has 5 heteroatoms. The summed E-state index contributed by atoms with van der Waals surface area (Å²) >= 11 is 3.07. The molecule has 19 heavy (non-hydrogen) atoms. The van der Waals surface area contributed by atoms with Crippen LogP contribution in [0, 0.1) is 11.6 Å². The van der Waals surface area contributed by atoms with Crippen molar-refractivity contribution in [2.45, 2.75) is 25.8 Å². The fraction of sp³-hybridized carbons (Fsp3) is 0.571. The van der Waals surface area contributed by atoms with E-state index >= 15 is 0 Å². The SMILES string of the molecule is Fc1cc(Br)cc(F)c1CNCCN1CCCCC1. The number of hydrogen-bond acceptors (Lipinski definition) is 2. The largest absolute Gasteiger partial charge is 0.311 e. The summed E-state index contributed by atoms with van der Waals surface area (Å²) < 4.78 is 27.6. The normalized spacial score (nSPS) is 16.8. The summed E-state index contributed by atoms with van der Waals surface area (Å²) in [6, 6.07) is 2.59. The average molecular weight is 333 g/mol. The van der Waals surface area contributed by atoms with E-state index in [4.69, 9.17) is 0 Å². The van der Waals surface area contributed by atoms with Gasteiger partial charge in [0.15, 0.2) is 0 Å². The Morgan fingerprint density at radius 1 is 1.11 bits per heavy atom. The van der Waals surface area contributed by atoms with Gasteiger partial charge in [0.1, 0.15) is 11.6 Å². The summed E-state index contributed by atoms with van der Waals surface area (Å²) in [7, 11) is 0. The summed E-state index contributed by atoms with van der Waals surface area (Å²) in [4.78, 5) is 2.39. The number of piperidine rings is 1. The minimum Gasteiger partial charge on any atom is -0.311 e. The molecule has 0 atom stereocenters. The maximum absolute atomic E-state index is 13.6. The van der Waals surface area contributed by atoms with Crippen LogP contribution in [0.15, 0.2) is 16.6 Å². The number of halogens is 3. The summed E-state index contributed by atoms with van der Waals surface area (Å²) in [6.45, 7) is 4.22. The minimum absolute atomic E-state index is 0.113. The Hall–Kier alpha value is -0.520. The molecule has 0 aliphatic carbocycles. The molecule has 1 aromatic rings. The third kappa shape index (κ3) is 4.51. The molecule has 1 aromatic carbocycles. The van der Waals surface area contributed by atoms with Gasteiger partial charge in [-0.25, -0.2) is 8.78 Å². The van der Waals surface area contributed by atoms with Gasteiger partial charge in [-0.05, 0) is 38.1 Å². The first-order valence-electron chi connectivity index (χ1n) is 6.73. The Labute approximate surface area is 121 Å². The topological polar surface area (TPSA) is 15.3 Å². The second-order valence-corrected chi connectivity index (χ2v) is 5.84. The van der Waals surface area contributed by atoms with Crippen LogP contribution in [0.3, 0.4) is 0 Å². The van der Waals surface area contributed by atoms with E-state index in [-0.39, 0.29) is 12.1 Å². The van der Waals surface area contributed by atoms with E-state index in [1.54, 1.807) is 0 Å². The summed E-state index contributed by atoms with van der Waals surface area (Å²) in [5.74, 6) is -1.00. The van der Waals surface area contributed by atoms with Crippen molar-refractivity contribution in [3.05, 3.63) is 33.8 Å². The number of likely N-dealkylation sites (tertiary alicyclic amines) is 1. The zero-order valence-corrected chi connectivity index (χ0v) is 12.5. The van der Waals surface area contributed by atoms with E-state index < -0.39 is 11.6 Å². The highest BCUT2D eigenvalue weighted by atomic mass is 79.9. The first-order valence-corrected chi connectivity index (χ1v) is 7.52. The van der Waals surface area contributed by atoms with E-state index in [0.717, 1.165) is 26.2 Å². The highest BCUT2D eigenvalue weighted by Crippen LogP contribution is 2.19. The quantitative estimate of drug-likeness (QED) is 0.832. The van der Waals surface area contributed by atoms with Crippen LogP contribution in [0.5, 0.6) is 0 Å². The van der Waals surface area contributed by atoms with Gasteiger partial charge in [0.25, 0.3) is 0 Å². The molecule has 1 aliphatic rings. The summed E-state index contributed by atoms with van der Waals surface area (Å²) in [5.41, 5.74) is 0.113. The van der Waals surface area contributed by atoms with Crippen molar-refractivity contribution in [1.29, 1.82) is 0 Å². The lowest BCUT2D eigenvalue weighted by Crippen LogP contribution is -2.35. The van der Waals surface area contributed by atoms with E-state index in [0.29, 0.717) is 4.47 Å². The molecule has 1 aliphatic heterocycles. The molecule has 106 valence electrons. The molecule has 2 rings (SSSR count). The average Bonchev–Trinajstić information content (AvgIpc) is 2.38. The van der Waals surface area contributed by atoms with Crippen LogP contribution in [0.25, 0.3) is 0 Å². The highest BCUT2D eigenvalue weighted by Gasteiger charge is 2.11. The van der Waals surface area contributed by atoms with Crippen LogP contribution in [-0.4, -0.2) is 31.1 Å². The number of benzene rings is 1. The zero-order chi connectivity index (χ0) is 13.7. The van der Waals surface area contributed by atoms with Gasteiger partial charge in [0, 0.05) is 29.7 Å². The van der Waals surface area contributed by atoms with Gasteiger partial charge < -0.3 is 10.2 Å². The molecule has 0 radical (unpaired) electrons. The highest BCUT2D eigenvalue weighted by molar-refractivity contribution is 9.10. The van der Waals surface area contributed by atoms with Gasteiger partial charge in [0.05, 0.1) is 0 Å². The second-order valence-electron chi connectivity index (χ2n) is 4.93. The van der Waals surface area contributed by atoms with Crippen LogP contribution in [0.1, 0.15) is 24.8 Å². The van der Waals surface area contributed by atoms with Gasteiger partial charge in [0.2, 0.25) is 0 Å². The van der Waals surface area contributed by atoms with Crippen LogP contribution in [0.2, 0.25) is 0 Å². The summed E-state index contributed by atoms with van der Waals surface area (Å²) in [5, 5.41) is 3.11. The number of hydrogen-bond donors (Lipinski definition) is 1. The first-order chi connectivity index (χ1) is 9.16. The molecule has 0 aromatic heterocycles. The van der Waals surface area contributed by atoms with Crippen LogP contribution < -0.4 is 5.32 Å². The maximum atomic E-state index is 13.6. The molecule has 0 unspecified atom stereocenters. The Balaban J connectivity index is 1.76. The van der Waals surface area contributed by atoms with Crippen molar-refractivity contribution in [2.75, 3.05) is 26.2 Å². The van der Waals surface area contributed by atoms with Crippen LogP contribution >= 0.6 is 15.9 Å². The van der Waals surface area contributed by atoms with Crippen molar-refractivity contribution >= 4 is 15.9 Å².